The largest absolute Gasteiger partial charge is 0.352 e. The molecule has 0 radical (unpaired) electrons. The Labute approximate surface area is 142 Å². The average Bonchev–Trinajstić information content (AvgIpc) is 2.54. The number of sulfonamides is 1. The molecule has 0 unspecified atom stereocenters. The summed E-state index contributed by atoms with van der Waals surface area (Å²) in [5, 5.41) is 5.42. The number of nitrogens with one attached hydrogen (secondary N) is 3. The van der Waals surface area contributed by atoms with Crippen molar-refractivity contribution in [3.05, 3.63) is 24.3 Å². The van der Waals surface area contributed by atoms with Crippen LogP contribution in [0.15, 0.2) is 29.2 Å². The number of amides is 2. The van der Waals surface area contributed by atoms with E-state index in [1.54, 1.807) is 0 Å². The van der Waals surface area contributed by atoms with Crippen LogP contribution < -0.4 is 15.4 Å². The zero-order chi connectivity index (χ0) is 17.6. The summed E-state index contributed by atoms with van der Waals surface area (Å²) in [5.41, 5.74) is 0.511. The SMILES string of the molecule is CC(=O)Nc1ccc(S(=O)(=O)NCC(=O)NC2CCCCC2)cc1. The van der Waals surface area contributed by atoms with E-state index in [-0.39, 0.29) is 29.3 Å². The monoisotopic (exact) mass is 353 g/mol. The van der Waals surface area contributed by atoms with E-state index in [1.807, 2.05) is 0 Å². The zero-order valence-electron chi connectivity index (χ0n) is 13.7. The third kappa shape index (κ3) is 5.61. The van der Waals surface area contributed by atoms with Gasteiger partial charge in [0.2, 0.25) is 21.8 Å². The van der Waals surface area contributed by atoms with Crippen molar-refractivity contribution in [2.45, 2.75) is 50.0 Å². The van der Waals surface area contributed by atoms with Crippen LogP contribution >= 0.6 is 0 Å². The van der Waals surface area contributed by atoms with Gasteiger partial charge in [0.05, 0.1) is 11.4 Å². The molecule has 1 fully saturated rings. The quantitative estimate of drug-likeness (QED) is 0.718. The Morgan fingerprint density at radius 2 is 1.71 bits per heavy atom. The van der Waals surface area contributed by atoms with E-state index in [9.17, 15) is 18.0 Å². The first-order valence-electron chi connectivity index (χ1n) is 8.03. The van der Waals surface area contributed by atoms with Gasteiger partial charge in [0.1, 0.15) is 0 Å². The van der Waals surface area contributed by atoms with Gasteiger partial charge in [0.25, 0.3) is 0 Å². The smallest absolute Gasteiger partial charge is 0.241 e. The van der Waals surface area contributed by atoms with Crippen molar-refractivity contribution in [1.29, 1.82) is 0 Å². The maximum Gasteiger partial charge on any atom is 0.241 e. The highest BCUT2D eigenvalue weighted by molar-refractivity contribution is 7.89. The van der Waals surface area contributed by atoms with E-state index in [4.69, 9.17) is 0 Å². The summed E-state index contributed by atoms with van der Waals surface area (Å²) in [6.45, 7) is 1.09. The molecule has 1 aliphatic carbocycles. The first kappa shape index (κ1) is 18.4. The number of hydrogen-bond donors (Lipinski definition) is 3. The molecule has 1 saturated carbocycles. The highest BCUT2D eigenvalue weighted by Gasteiger charge is 2.18. The van der Waals surface area contributed by atoms with E-state index in [1.165, 1.54) is 37.6 Å². The molecule has 132 valence electrons. The minimum Gasteiger partial charge on any atom is -0.352 e. The van der Waals surface area contributed by atoms with E-state index < -0.39 is 10.0 Å². The van der Waals surface area contributed by atoms with Gasteiger partial charge in [-0.2, -0.15) is 0 Å². The van der Waals surface area contributed by atoms with Gasteiger partial charge < -0.3 is 10.6 Å². The molecule has 0 aromatic heterocycles. The predicted octanol–water partition coefficient (Wildman–Crippen LogP) is 1.37. The second-order valence-electron chi connectivity index (χ2n) is 5.93. The van der Waals surface area contributed by atoms with Gasteiger partial charge in [0.15, 0.2) is 0 Å². The third-order valence-electron chi connectivity index (χ3n) is 3.88. The third-order valence-corrected chi connectivity index (χ3v) is 5.30. The molecule has 0 saturated heterocycles. The number of anilines is 1. The molecular weight excluding hydrogens is 330 g/mol. The maximum absolute atomic E-state index is 12.2. The molecule has 1 aromatic rings. The lowest BCUT2D eigenvalue weighted by atomic mass is 9.95. The molecule has 0 aliphatic heterocycles. The Hall–Kier alpha value is -1.93. The molecule has 2 rings (SSSR count). The van der Waals surface area contributed by atoms with E-state index >= 15 is 0 Å². The highest BCUT2D eigenvalue weighted by atomic mass is 32.2. The number of carbonyl (C=O) groups is 2. The van der Waals surface area contributed by atoms with Crippen LogP contribution in [0, 0.1) is 0 Å². The Kier molecular flexibility index (Phi) is 6.33. The van der Waals surface area contributed by atoms with Gasteiger partial charge in [-0.25, -0.2) is 13.1 Å². The number of benzene rings is 1. The van der Waals surface area contributed by atoms with E-state index in [0.717, 1.165) is 25.7 Å². The molecule has 24 heavy (non-hydrogen) atoms. The fraction of sp³-hybridized carbons (Fsp3) is 0.500. The Morgan fingerprint density at radius 3 is 2.29 bits per heavy atom. The van der Waals surface area contributed by atoms with Crippen LogP contribution in [0.4, 0.5) is 5.69 Å². The lowest BCUT2D eigenvalue weighted by Gasteiger charge is -2.22. The number of carbonyl (C=O) groups excluding carboxylic acids is 2. The van der Waals surface area contributed by atoms with Crippen molar-refractivity contribution >= 4 is 27.5 Å². The molecule has 1 aromatic carbocycles. The van der Waals surface area contributed by atoms with Gasteiger partial charge in [0, 0.05) is 18.7 Å². The number of rotatable bonds is 6. The molecule has 0 atom stereocenters. The summed E-state index contributed by atoms with van der Waals surface area (Å²) in [7, 11) is -3.76. The summed E-state index contributed by atoms with van der Waals surface area (Å²) in [4.78, 5) is 22.9. The number of hydrogen-bond acceptors (Lipinski definition) is 4. The normalized spacial score (nSPS) is 15.7. The van der Waals surface area contributed by atoms with Gasteiger partial charge in [-0.1, -0.05) is 19.3 Å². The van der Waals surface area contributed by atoms with Crippen LogP contribution in [-0.2, 0) is 19.6 Å². The molecule has 3 N–H and O–H groups in total. The lowest BCUT2D eigenvalue weighted by molar-refractivity contribution is -0.120. The van der Waals surface area contributed by atoms with Gasteiger partial charge in [-0.05, 0) is 37.1 Å². The fourth-order valence-electron chi connectivity index (χ4n) is 2.69. The molecule has 7 nitrogen and oxygen atoms in total. The first-order chi connectivity index (χ1) is 11.4. The summed E-state index contributed by atoms with van der Waals surface area (Å²) in [5.74, 6) is -0.552. The second kappa shape index (κ2) is 8.25. The van der Waals surface area contributed by atoms with Crippen molar-refractivity contribution in [3.8, 4) is 0 Å². The average molecular weight is 353 g/mol. The van der Waals surface area contributed by atoms with Crippen LogP contribution in [0.25, 0.3) is 0 Å². The summed E-state index contributed by atoms with van der Waals surface area (Å²) in [6.07, 6.45) is 5.27. The van der Waals surface area contributed by atoms with Crippen LogP contribution in [-0.4, -0.2) is 32.8 Å². The predicted molar refractivity (Wildman–Crippen MR) is 90.9 cm³/mol. The summed E-state index contributed by atoms with van der Waals surface area (Å²) >= 11 is 0. The summed E-state index contributed by atoms with van der Waals surface area (Å²) < 4.78 is 26.7. The fourth-order valence-corrected chi connectivity index (χ4v) is 3.67. The van der Waals surface area contributed by atoms with Crippen molar-refractivity contribution in [1.82, 2.24) is 10.0 Å². The molecular formula is C16H23N3O4S. The topological polar surface area (TPSA) is 104 Å². The molecule has 1 aliphatic rings. The zero-order valence-corrected chi connectivity index (χ0v) is 14.5. The Morgan fingerprint density at radius 1 is 1.08 bits per heavy atom. The van der Waals surface area contributed by atoms with Crippen molar-refractivity contribution in [2.24, 2.45) is 0 Å². The molecule has 0 bridgehead atoms. The summed E-state index contributed by atoms with van der Waals surface area (Å²) in [6, 6.07) is 5.91. The second-order valence-corrected chi connectivity index (χ2v) is 7.70. The van der Waals surface area contributed by atoms with Crippen molar-refractivity contribution in [2.75, 3.05) is 11.9 Å². The van der Waals surface area contributed by atoms with E-state index in [2.05, 4.69) is 15.4 Å². The van der Waals surface area contributed by atoms with Crippen molar-refractivity contribution < 1.29 is 18.0 Å². The molecule has 8 heteroatoms. The lowest BCUT2D eigenvalue weighted by Crippen LogP contribution is -2.42. The standard InChI is InChI=1S/C16H23N3O4S/c1-12(20)18-14-7-9-15(10-8-14)24(22,23)17-11-16(21)19-13-5-3-2-4-6-13/h7-10,13,17H,2-6,11H2,1H3,(H,18,20)(H,19,21). The Bertz CT molecular complexity index is 680. The van der Waals surface area contributed by atoms with Crippen LogP contribution in [0.2, 0.25) is 0 Å². The van der Waals surface area contributed by atoms with Crippen molar-refractivity contribution in [3.63, 3.8) is 0 Å². The Balaban J connectivity index is 1.88. The minimum atomic E-state index is -3.76. The highest BCUT2D eigenvalue weighted by Crippen LogP contribution is 2.17. The van der Waals surface area contributed by atoms with Crippen LogP contribution in [0.5, 0.6) is 0 Å². The van der Waals surface area contributed by atoms with Gasteiger partial charge >= 0.3 is 0 Å². The van der Waals surface area contributed by atoms with Gasteiger partial charge in [-0.15, -0.1) is 0 Å². The molecule has 2 amide bonds. The maximum atomic E-state index is 12.2. The first-order valence-corrected chi connectivity index (χ1v) is 9.52. The molecule has 0 spiro atoms. The van der Waals surface area contributed by atoms with Crippen LogP contribution in [0.1, 0.15) is 39.0 Å². The molecule has 0 heterocycles. The van der Waals surface area contributed by atoms with Gasteiger partial charge in [-0.3, -0.25) is 9.59 Å². The van der Waals surface area contributed by atoms with E-state index in [0.29, 0.717) is 5.69 Å². The van der Waals surface area contributed by atoms with Crippen LogP contribution in [0.3, 0.4) is 0 Å². The minimum absolute atomic E-state index is 0.0436.